The van der Waals surface area contributed by atoms with Crippen molar-refractivity contribution in [1.82, 2.24) is 9.78 Å². The van der Waals surface area contributed by atoms with Crippen LogP contribution < -0.4 is 16.2 Å². The number of anilines is 1. The van der Waals surface area contributed by atoms with Gasteiger partial charge in [0.2, 0.25) is 0 Å². The molecule has 0 saturated heterocycles. The fourth-order valence-corrected chi connectivity index (χ4v) is 1.26. The van der Waals surface area contributed by atoms with Crippen LogP contribution in [0.4, 0.5) is 18.9 Å². The predicted octanol–water partition coefficient (Wildman–Crippen LogP) is 0.371. The summed E-state index contributed by atoms with van der Waals surface area (Å²) >= 11 is 0. The molecule has 5 nitrogen and oxygen atoms in total. The van der Waals surface area contributed by atoms with E-state index in [1.807, 2.05) is 0 Å². The Morgan fingerprint density at radius 1 is 1.53 bits per heavy atom. The van der Waals surface area contributed by atoms with Crippen LogP contribution >= 0.6 is 0 Å². The summed E-state index contributed by atoms with van der Waals surface area (Å²) in [6, 6.07) is -1.01. The second-order valence-electron chi connectivity index (χ2n) is 3.68. The quantitative estimate of drug-likeness (QED) is 0.842. The lowest BCUT2D eigenvalue weighted by Crippen LogP contribution is -2.40. The first kappa shape index (κ1) is 13.5. The number of nitrogens with two attached hydrogens (primary N) is 1. The molecule has 0 aliphatic heterocycles. The lowest BCUT2D eigenvalue weighted by molar-refractivity contribution is -0.168. The molecule has 0 aliphatic rings. The summed E-state index contributed by atoms with van der Waals surface area (Å²) in [5.74, 6) is 0. The second kappa shape index (κ2) is 4.74. The topological polar surface area (TPSA) is 64.2 Å². The Kier molecular flexibility index (Phi) is 3.76. The minimum Gasteiger partial charge on any atom is -0.376 e. The summed E-state index contributed by atoms with van der Waals surface area (Å²) in [7, 11) is 3.32. The van der Waals surface area contributed by atoms with Gasteiger partial charge in [-0.1, -0.05) is 0 Å². The number of nitrogens with zero attached hydrogens (tertiary/aromatic N) is 3. The van der Waals surface area contributed by atoms with E-state index in [0.717, 1.165) is 6.07 Å². The molecule has 0 fully saturated rings. The van der Waals surface area contributed by atoms with Crippen LogP contribution in [0.15, 0.2) is 17.1 Å². The van der Waals surface area contributed by atoms with E-state index in [2.05, 4.69) is 5.10 Å². The van der Waals surface area contributed by atoms with Gasteiger partial charge in [0.1, 0.15) is 0 Å². The van der Waals surface area contributed by atoms with Crippen molar-refractivity contribution in [3.63, 3.8) is 0 Å². The highest BCUT2D eigenvalue weighted by molar-refractivity contribution is 5.40. The van der Waals surface area contributed by atoms with Gasteiger partial charge in [0.05, 0.1) is 11.9 Å². The summed E-state index contributed by atoms with van der Waals surface area (Å²) in [5, 5.41) is 3.50. The Balaban J connectivity index is 3.20. The molecule has 1 aromatic rings. The number of rotatable bonds is 3. The van der Waals surface area contributed by atoms with Gasteiger partial charge >= 0.3 is 6.18 Å². The van der Waals surface area contributed by atoms with Crippen molar-refractivity contribution in [2.75, 3.05) is 25.5 Å². The molecule has 2 N–H and O–H groups in total. The largest absolute Gasteiger partial charge is 0.412 e. The van der Waals surface area contributed by atoms with E-state index < -0.39 is 24.3 Å². The van der Waals surface area contributed by atoms with Crippen molar-refractivity contribution in [1.29, 1.82) is 0 Å². The number of hydrogen-bond acceptors (Lipinski definition) is 4. The van der Waals surface area contributed by atoms with Gasteiger partial charge in [0.15, 0.2) is 6.04 Å². The second-order valence-corrected chi connectivity index (χ2v) is 3.68. The lowest BCUT2D eigenvalue weighted by Gasteiger charge is -2.20. The summed E-state index contributed by atoms with van der Waals surface area (Å²) < 4.78 is 38.0. The molecule has 1 rings (SSSR count). The van der Waals surface area contributed by atoms with Crippen LogP contribution in [0.5, 0.6) is 0 Å². The van der Waals surface area contributed by atoms with Crippen molar-refractivity contribution < 1.29 is 13.2 Å². The van der Waals surface area contributed by atoms with Gasteiger partial charge in [-0.15, -0.1) is 0 Å². The zero-order valence-corrected chi connectivity index (χ0v) is 9.40. The monoisotopic (exact) mass is 250 g/mol. The molecule has 17 heavy (non-hydrogen) atoms. The zero-order valence-electron chi connectivity index (χ0n) is 9.40. The normalized spacial score (nSPS) is 13.5. The van der Waals surface area contributed by atoms with Gasteiger partial charge in [-0.3, -0.25) is 4.79 Å². The van der Waals surface area contributed by atoms with E-state index in [1.54, 1.807) is 19.0 Å². The molecule has 0 aliphatic carbocycles. The molecule has 0 amide bonds. The van der Waals surface area contributed by atoms with Gasteiger partial charge in [0.25, 0.3) is 5.56 Å². The standard InChI is InChI=1S/C9H13F3N4O/c1-15(2)6-3-8(17)16(14-5-6)7(4-13)9(10,11)12/h3,5,7H,4,13H2,1-2H3. The van der Waals surface area contributed by atoms with Gasteiger partial charge in [0, 0.05) is 26.7 Å². The molecule has 0 spiro atoms. The van der Waals surface area contributed by atoms with Crippen LogP contribution in [-0.4, -0.2) is 36.6 Å². The van der Waals surface area contributed by atoms with Crippen LogP contribution in [0.3, 0.4) is 0 Å². The first-order valence-electron chi connectivity index (χ1n) is 4.80. The molecular weight excluding hydrogens is 237 g/mol. The summed E-state index contributed by atoms with van der Waals surface area (Å²) in [4.78, 5) is 13.1. The van der Waals surface area contributed by atoms with Crippen molar-refractivity contribution in [2.45, 2.75) is 12.2 Å². The van der Waals surface area contributed by atoms with Crippen LogP contribution in [0.25, 0.3) is 0 Å². The van der Waals surface area contributed by atoms with Gasteiger partial charge in [-0.2, -0.15) is 18.3 Å². The average Bonchev–Trinajstić information content (AvgIpc) is 2.19. The highest BCUT2D eigenvalue weighted by Gasteiger charge is 2.41. The molecule has 1 atom stereocenters. The molecule has 0 saturated carbocycles. The van der Waals surface area contributed by atoms with Crippen molar-refractivity contribution in [2.24, 2.45) is 5.73 Å². The minimum absolute atomic E-state index is 0.354. The minimum atomic E-state index is -4.59. The highest BCUT2D eigenvalue weighted by Crippen LogP contribution is 2.27. The molecule has 0 aromatic carbocycles. The predicted molar refractivity (Wildman–Crippen MR) is 57.0 cm³/mol. The molecule has 1 aromatic heterocycles. The fraction of sp³-hybridized carbons (Fsp3) is 0.556. The van der Waals surface area contributed by atoms with E-state index in [-0.39, 0.29) is 0 Å². The third-order valence-electron chi connectivity index (χ3n) is 2.22. The maximum absolute atomic E-state index is 12.6. The van der Waals surface area contributed by atoms with E-state index in [9.17, 15) is 18.0 Å². The van der Waals surface area contributed by atoms with E-state index in [0.29, 0.717) is 10.4 Å². The van der Waals surface area contributed by atoms with Crippen LogP contribution in [-0.2, 0) is 0 Å². The van der Waals surface area contributed by atoms with E-state index in [1.165, 1.54) is 6.20 Å². The van der Waals surface area contributed by atoms with Crippen LogP contribution in [0.1, 0.15) is 6.04 Å². The summed E-state index contributed by atoms with van der Waals surface area (Å²) in [6.07, 6.45) is -3.40. The lowest BCUT2D eigenvalue weighted by atomic mass is 10.3. The van der Waals surface area contributed by atoms with Crippen molar-refractivity contribution in [3.8, 4) is 0 Å². The first-order valence-corrected chi connectivity index (χ1v) is 4.80. The Hall–Kier alpha value is -1.57. The highest BCUT2D eigenvalue weighted by atomic mass is 19.4. The number of hydrogen-bond donors (Lipinski definition) is 1. The molecule has 1 unspecified atom stereocenters. The van der Waals surface area contributed by atoms with Gasteiger partial charge in [-0.05, 0) is 0 Å². The fourth-order valence-electron chi connectivity index (χ4n) is 1.26. The van der Waals surface area contributed by atoms with E-state index in [4.69, 9.17) is 5.73 Å². The maximum Gasteiger partial charge on any atom is 0.412 e. The third kappa shape index (κ3) is 2.96. The Labute approximate surface area is 95.6 Å². The Morgan fingerprint density at radius 3 is 2.47 bits per heavy atom. The maximum atomic E-state index is 12.6. The van der Waals surface area contributed by atoms with Gasteiger partial charge in [-0.25, -0.2) is 4.68 Å². The average molecular weight is 250 g/mol. The molecule has 8 heteroatoms. The molecule has 0 radical (unpaired) electrons. The van der Waals surface area contributed by atoms with Gasteiger partial charge < -0.3 is 10.6 Å². The molecular formula is C9H13F3N4O. The molecule has 1 heterocycles. The smallest absolute Gasteiger partial charge is 0.376 e. The molecule has 0 bridgehead atoms. The number of aromatic nitrogens is 2. The SMILES string of the molecule is CN(C)c1cnn(C(CN)C(F)(F)F)c(=O)c1. The van der Waals surface area contributed by atoms with Crippen molar-refractivity contribution >= 4 is 5.69 Å². The Bertz CT molecular complexity index is 441. The number of halogens is 3. The summed E-state index contributed by atoms with van der Waals surface area (Å²) in [6.45, 7) is -0.724. The summed E-state index contributed by atoms with van der Waals surface area (Å²) in [5.41, 5.74) is 4.63. The third-order valence-corrected chi connectivity index (χ3v) is 2.22. The zero-order chi connectivity index (χ0) is 13.2. The first-order chi connectivity index (χ1) is 7.77. The van der Waals surface area contributed by atoms with Crippen LogP contribution in [0, 0.1) is 0 Å². The van der Waals surface area contributed by atoms with E-state index >= 15 is 0 Å². The number of alkyl halides is 3. The van der Waals surface area contributed by atoms with Crippen LogP contribution in [0.2, 0.25) is 0 Å². The van der Waals surface area contributed by atoms with Crippen molar-refractivity contribution in [3.05, 3.63) is 22.6 Å². The molecule has 96 valence electrons. The Morgan fingerprint density at radius 2 is 2.12 bits per heavy atom.